The van der Waals surface area contributed by atoms with Crippen molar-refractivity contribution in [2.24, 2.45) is 11.8 Å². The normalized spacial score (nSPS) is 21.0. The van der Waals surface area contributed by atoms with Gasteiger partial charge in [-0.3, -0.25) is 0 Å². The van der Waals surface area contributed by atoms with E-state index in [-0.39, 0.29) is 0 Å². The maximum atomic E-state index is 5.43. The highest BCUT2D eigenvalue weighted by atomic mass is 32.1. The SMILES string of the molecule is COc1ncc(-c2cccc(NC[C@@H]3CC[C@@H](c4ccc(OC)c(C)c4)C(C)C3)c2)s1. The second-order valence-electron chi connectivity index (χ2n) is 8.65. The molecule has 5 heteroatoms. The Morgan fingerprint density at radius 1 is 1.10 bits per heavy atom. The molecule has 1 aromatic heterocycles. The van der Waals surface area contributed by atoms with Gasteiger partial charge in [-0.1, -0.05) is 42.5 Å². The van der Waals surface area contributed by atoms with Crippen molar-refractivity contribution in [2.45, 2.75) is 39.0 Å². The molecule has 0 bridgehead atoms. The molecule has 1 aliphatic rings. The van der Waals surface area contributed by atoms with Crippen LogP contribution in [0, 0.1) is 18.8 Å². The summed E-state index contributed by atoms with van der Waals surface area (Å²) in [5.41, 5.74) is 5.04. The third kappa shape index (κ3) is 5.04. The van der Waals surface area contributed by atoms with Gasteiger partial charge < -0.3 is 14.8 Å². The Kier molecular flexibility index (Phi) is 6.81. The number of aromatic nitrogens is 1. The molecule has 1 saturated carbocycles. The Labute approximate surface area is 189 Å². The number of hydrogen-bond donors (Lipinski definition) is 1. The molecular formula is C26H32N2O2S. The molecule has 0 spiro atoms. The number of methoxy groups -OCH3 is 2. The van der Waals surface area contributed by atoms with Gasteiger partial charge in [0.1, 0.15) is 5.75 Å². The maximum absolute atomic E-state index is 5.43. The molecule has 2 aromatic carbocycles. The van der Waals surface area contributed by atoms with Gasteiger partial charge in [-0.15, -0.1) is 0 Å². The standard InChI is InChI=1S/C26H32N2O2S/c1-17-12-19(8-10-23(17)20-9-11-24(29-3)18(2)13-20)15-27-22-7-5-6-21(14-22)25-16-28-26(30-4)31-25/h5-7,9,11,13-14,16-17,19,23,27H,8,10,12,15H2,1-4H3/t17?,19-,23-/m1/s1. The lowest BCUT2D eigenvalue weighted by Gasteiger charge is -2.35. The summed E-state index contributed by atoms with van der Waals surface area (Å²) in [5.74, 6) is 3.01. The lowest BCUT2D eigenvalue weighted by molar-refractivity contribution is 0.255. The highest BCUT2D eigenvalue weighted by Gasteiger charge is 2.28. The number of hydrogen-bond acceptors (Lipinski definition) is 5. The average Bonchev–Trinajstić information content (AvgIpc) is 3.27. The van der Waals surface area contributed by atoms with E-state index in [1.54, 1.807) is 25.6 Å². The first-order valence-electron chi connectivity index (χ1n) is 11.1. The van der Waals surface area contributed by atoms with Gasteiger partial charge in [0.15, 0.2) is 0 Å². The number of anilines is 1. The Hall–Kier alpha value is -2.53. The first-order valence-corrected chi connectivity index (χ1v) is 11.9. The van der Waals surface area contributed by atoms with Crippen LogP contribution in [0.5, 0.6) is 10.9 Å². The molecule has 31 heavy (non-hydrogen) atoms. The molecule has 0 radical (unpaired) electrons. The zero-order valence-corrected chi connectivity index (χ0v) is 19.7. The summed E-state index contributed by atoms with van der Waals surface area (Å²) in [6.45, 7) is 5.57. The molecule has 3 atom stereocenters. The molecule has 1 N–H and O–H groups in total. The van der Waals surface area contributed by atoms with Crippen molar-refractivity contribution in [3.63, 3.8) is 0 Å². The molecule has 164 valence electrons. The fourth-order valence-electron chi connectivity index (χ4n) is 4.85. The summed E-state index contributed by atoms with van der Waals surface area (Å²) in [5, 5.41) is 4.38. The van der Waals surface area contributed by atoms with Crippen LogP contribution in [0.15, 0.2) is 48.7 Å². The number of benzene rings is 2. The fraction of sp³-hybridized carbons (Fsp3) is 0.423. The van der Waals surface area contributed by atoms with E-state index in [9.17, 15) is 0 Å². The largest absolute Gasteiger partial charge is 0.496 e. The number of ether oxygens (including phenoxy) is 2. The minimum Gasteiger partial charge on any atom is -0.496 e. The van der Waals surface area contributed by atoms with Crippen molar-refractivity contribution in [3.05, 3.63) is 59.8 Å². The number of nitrogens with zero attached hydrogens (tertiary/aromatic N) is 1. The summed E-state index contributed by atoms with van der Waals surface area (Å²) < 4.78 is 10.7. The van der Waals surface area contributed by atoms with Gasteiger partial charge in [0.05, 0.1) is 19.1 Å². The van der Waals surface area contributed by atoms with Crippen LogP contribution in [0.4, 0.5) is 5.69 Å². The molecule has 1 aliphatic carbocycles. The van der Waals surface area contributed by atoms with Gasteiger partial charge in [-0.25, -0.2) is 4.98 Å². The lowest BCUT2D eigenvalue weighted by atomic mass is 9.72. The van der Waals surface area contributed by atoms with Crippen LogP contribution >= 0.6 is 11.3 Å². The zero-order chi connectivity index (χ0) is 21.8. The minimum atomic E-state index is 0.644. The van der Waals surface area contributed by atoms with Gasteiger partial charge in [0.25, 0.3) is 5.19 Å². The third-order valence-electron chi connectivity index (χ3n) is 6.53. The van der Waals surface area contributed by atoms with Crippen molar-refractivity contribution in [1.82, 2.24) is 4.98 Å². The molecule has 4 rings (SSSR count). The van der Waals surface area contributed by atoms with Crippen molar-refractivity contribution in [3.8, 4) is 21.4 Å². The van der Waals surface area contributed by atoms with Crippen LogP contribution in [0.2, 0.25) is 0 Å². The number of rotatable bonds is 7. The molecule has 0 saturated heterocycles. The second kappa shape index (κ2) is 9.73. The predicted octanol–water partition coefficient (Wildman–Crippen LogP) is 6.77. The van der Waals surface area contributed by atoms with Gasteiger partial charge in [0, 0.05) is 18.4 Å². The summed E-state index contributed by atoms with van der Waals surface area (Å²) >= 11 is 1.57. The second-order valence-corrected chi connectivity index (χ2v) is 9.64. The third-order valence-corrected chi connectivity index (χ3v) is 7.53. The Morgan fingerprint density at radius 2 is 1.97 bits per heavy atom. The Morgan fingerprint density at radius 3 is 2.68 bits per heavy atom. The minimum absolute atomic E-state index is 0.644. The van der Waals surface area contributed by atoms with Crippen LogP contribution in [0.25, 0.3) is 10.4 Å². The van der Waals surface area contributed by atoms with Crippen LogP contribution < -0.4 is 14.8 Å². The maximum Gasteiger partial charge on any atom is 0.273 e. The summed E-state index contributed by atoms with van der Waals surface area (Å²) in [6.07, 6.45) is 5.65. The van der Waals surface area contributed by atoms with E-state index < -0.39 is 0 Å². The monoisotopic (exact) mass is 436 g/mol. The van der Waals surface area contributed by atoms with Crippen molar-refractivity contribution < 1.29 is 9.47 Å². The van der Waals surface area contributed by atoms with E-state index in [2.05, 4.69) is 66.6 Å². The van der Waals surface area contributed by atoms with Crippen molar-refractivity contribution >= 4 is 17.0 Å². The predicted molar refractivity (Wildman–Crippen MR) is 130 cm³/mol. The van der Waals surface area contributed by atoms with E-state index in [0.717, 1.165) is 17.2 Å². The number of nitrogens with one attached hydrogen (secondary N) is 1. The van der Waals surface area contributed by atoms with E-state index in [4.69, 9.17) is 9.47 Å². The van der Waals surface area contributed by atoms with Crippen LogP contribution in [0.1, 0.15) is 43.2 Å². The molecule has 0 amide bonds. The fourth-order valence-corrected chi connectivity index (χ4v) is 5.58. The van der Waals surface area contributed by atoms with Gasteiger partial charge in [0.2, 0.25) is 0 Å². The van der Waals surface area contributed by atoms with Crippen molar-refractivity contribution in [1.29, 1.82) is 0 Å². The molecule has 1 heterocycles. The van der Waals surface area contributed by atoms with E-state index in [1.807, 2.05) is 6.20 Å². The summed E-state index contributed by atoms with van der Waals surface area (Å²) in [6, 6.07) is 15.3. The first kappa shape index (κ1) is 21.7. The zero-order valence-electron chi connectivity index (χ0n) is 18.9. The molecule has 4 nitrogen and oxygen atoms in total. The summed E-state index contributed by atoms with van der Waals surface area (Å²) in [4.78, 5) is 5.41. The molecular weight excluding hydrogens is 404 g/mol. The highest BCUT2D eigenvalue weighted by molar-refractivity contribution is 7.16. The van der Waals surface area contributed by atoms with E-state index in [0.29, 0.717) is 22.9 Å². The van der Waals surface area contributed by atoms with E-state index in [1.165, 1.54) is 41.6 Å². The average molecular weight is 437 g/mol. The number of thiazole rings is 1. The topological polar surface area (TPSA) is 43.4 Å². The van der Waals surface area contributed by atoms with Crippen LogP contribution in [-0.2, 0) is 0 Å². The van der Waals surface area contributed by atoms with Crippen LogP contribution in [0.3, 0.4) is 0 Å². The molecule has 0 aliphatic heterocycles. The Bertz CT molecular complexity index is 1020. The van der Waals surface area contributed by atoms with Crippen molar-refractivity contribution in [2.75, 3.05) is 26.1 Å². The van der Waals surface area contributed by atoms with Gasteiger partial charge in [-0.2, -0.15) is 0 Å². The highest BCUT2D eigenvalue weighted by Crippen LogP contribution is 2.41. The summed E-state index contributed by atoms with van der Waals surface area (Å²) in [7, 11) is 3.40. The quantitative estimate of drug-likeness (QED) is 0.444. The Balaban J connectivity index is 1.35. The molecule has 3 aromatic rings. The first-order chi connectivity index (χ1) is 15.1. The van der Waals surface area contributed by atoms with Gasteiger partial charge >= 0.3 is 0 Å². The molecule has 1 unspecified atom stereocenters. The number of aryl methyl sites for hydroxylation is 1. The molecule has 1 fully saturated rings. The van der Waals surface area contributed by atoms with Gasteiger partial charge in [-0.05, 0) is 78.8 Å². The van der Waals surface area contributed by atoms with Crippen LogP contribution in [-0.4, -0.2) is 25.7 Å². The lowest BCUT2D eigenvalue weighted by Crippen LogP contribution is -2.26. The smallest absolute Gasteiger partial charge is 0.273 e. The van der Waals surface area contributed by atoms with E-state index >= 15 is 0 Å².